The lowest BCUT2D eigenvalue weighted by atomic mass is 10.1. The Morgan fingerprint density at radius 3 is 2.58 bits per heavy atom. The minimum atomic E-state index is -0.618. The highest BCUT2D eigenvalue weighted by Gasteiger charge is 2.18. The second kappa shape index (κ2) is 11.8. The van der Waals surface area contributed by atoms with E-state index in [9.17, 15) is 18.8 Å². The van der Waals surface area contributed by atoms with Crippen molar-refractivity contribution >= 4 is 27.9 Å². The lowest BCUT2D eigenvalue weighted by Crippen LogP contribution is -2.26. The molecule has 2 N–H and O–H groups in total. The zero-order valence-corrected chi connectivity index (χ0v) is 21.9. The molecule has 0 saturated carbocycles. The van der Waals surface area contributed by atoms with Crippen LogP contribution in [0.15, 0.2) is 45.7 Å². The Balaban J connectivity index is 1.89. The summed E-state index contributed by atoms with van der Waals surface area (Å²) in [5, 5.41) is 5.12. The number of amides is 2. The summed E-state index contributed by atoms with van der Waals surface area (Å²) in [7, 11) is 1.53. The summed E-state index contributed by atoms with van der Waals surface area (Å²) in [6.07, 6.45) is -0.618. The molecular formula is C25H26BrFN4O5. The molecule has 0 aliphatic heterocycles. The molecule has 1 heterocycles. The highest BCUT2D eigenvalue weighted by molar-refractivity contribution is 9.10. The first kappa shape index (κ1) is 26.9. The molecule has 0 saturated heterocycles. The number of aryl methyl sites for hydroxylation is 2. The number of benzene rings is 2. The molecule has 2 aromatic carbocycles. The Labute approximate surface area is 215 Å². The number of carbonyl (C=O) groups excluding carboxylic acids is 2. The molecule has 0 fully saturated rings. The number of hydrogen-bond acceptors (Lipinski definition) is 6. The average molecular weight is 561 g/mol. The number of aromatic nitrogens is 2. The van der Waals surface area contributed by atoms with E-state index in [1.54, 1.807) is 32.0 Å². The molecule has 0 radical (unpaired) electrons. The number of nitrogens with one attached hydrogen (secondary N) is 2. The van der Waals surface area contributed by atoms with Gasteiger partial charge in [-0.25, -0.2) is 9.18 Å². The molecule has 0 aliphatic carbocycles. The lowest BCUT2D eigenvalue weighted by molar-refractivity contribution is 0.0963. The highest BCUT2D eigenvalue weighted by atomic mass is 79.9. The molecule has 2 amide bonds. The molecule has 1 aromatic heterocycles. The van der Waals surface area contributed by atoms with Crippen LogP contribution in [0, 0.1) is 19.7 Å². The fourth-order valence-corrected chi connectivity index (χ4v) is 3.87. The molecule has 9 nitrogen and oxygen atoms in total. The van der Waals surface area contributed by atoms with Crippen LogP contribution < -0.4 is 20.9 Å². The predicted molar refractivity (Wildman–Crippen MR) is 135 cm³/mol. The van der Waals surface area contributed by atoms with E-state index in [4.69, 9.17) is 9.47 Å². The summed E-state index contributed by atoms with van der Waals surface area (Å²) in [5.41, 5.74) is 2.37. The van der Waals surface area contributed by atoms with Crippen molar-refractivity contribution in [3.05, 3.63) is 85.1 Å². The van der Waals surface area contributed by atoms with E-state index in [2.05, 4.69) is 31.5 Å². The Hall–Kier alpha value is -3.73. The highest BCUT2D eigenvalue weighted by Crippen LogP contribution is 2.24. The number of rotatable bonds is 8. The van der Waals surface area contributed by atoms with Gasteiger partial charge in [-0.1, -0.05) is 12.1 Å². The largest absolute Gasteiger partial charge is 0.472 e. The van der Waals surface area contributed by atoms with Crippen LogP contribution in [0.2, 0.25) is 0 Å². The van der Waals surface area contributed by atoms with Gasteiger partial charge in [0.05, 0.1) is 12.3 Å². The van der Waals surface area contributed by atoms with Gasteiger partial charge in [-0.2, -0.15) is 4.98 Å². The summed E-state index contributed by atoms with van der Waals surface area (Å²) >= 11 is 3.29. The molecule has 0 aliphatic rings. The van der Waals surface area contributed by atoms with E-state index in [1.807, 2.05) is 6.92 Å². The minimum absolute atomic E-state index is 0.0280. The molecule has 0 spiro atoms. The number of ether oxygens (including phenoxy) is 2. The van der Waals surface area contributed by atoms with Crippen LogP contribution >= 0.6 is 15.9 Å². The number of hydrogen-bond donors (Lipinski definition) is 2. The van der Waals surface area contributed by atoms with Crippen molar-refractivity contribution in [2.24, 2.45) is 0 Å². The first-order valence-electron chi connectivity index (χ1n) is 11.1. The summed E-state index contributed by atoms with van der Waals surface area (Å²) in [6.45, 7) is 5.38. The van der Waals surface area contributed by atoms with Crippen molar-refractivity contribution in [2.75, 3.05) is 13.7 Å². The second-order valence-corrected chi connectivity index (χ2v) is 8.57. The number of nitrogens with zero attached hydrogens (tertiary/aromatic N) is 2. The quantitative estimate of drug-likeness (QED) is 0.431. The molecule has 0 bridgehead atoms. The van der Waals surface area contributed by atoms with Gasteiger partial charge in [0.2, 0.25) is 5.88 Å². The zero-order chi connectivity index (χ0) is 26.4. The molecule has 0 atom stereocenters. The second-order valence-electron chi connectivity index (χ2n) is 7.77. The van der Waals surface area contributed by atoms with Crippen molar-refractivity contribution in [2.45, 2.75) is 33.9 Å². The van der Waals surface area contributed by atoms with Gasteiger partial charge in [-0.3, -0.25) is 14.2 Å². The van der Waals surface area contributed by atoms with Crippen LogP contribution in [-0.2, 0) is 17.9 Å². The van der Waals surface area contributed by atoms with Gasteiger partial charge in [-0.15, -0.1) is 0 Å². The third-order valence-electron chi connectivity index (χ3n) is 5.34. The third-order valence-corrected chi connectivity index (χ3v) is 6.01. The first-order valence-corrected chi connectivity index (χ1v) is 11.9. The molecular weight excluding hydrogens is 535 g/mol. The van der Waals surface area contributed by atoms with E-state index in [0.717, 1.165) is 5.56 Å². The topological polar surface area (TPSA) is 112 Å². The molecule has 11 heteroatoms. The average Bonchev–Trinajstić information content (AvgIpc) is 2.85. The molecule has 0 unspecified atom stereocenters. The Bertz CT molecular complexity index is 1360. The van der Waals surface area contributed by atoms with Gasteiger partial charge in [0.1, 0.15) is 22.7 Å². The SMILES string of the molecule is CCOC(=O)NCc1cc(F)ccc1COc1nc(C)n(-c2cc(C(=O)NC)ccc2C)c(=O)c1Br. The smallest absolute Gasteiger partial charge is 0.407 e. The fourth-order valence-electron chi connectivity index (χ4n) is 3.49. The predicted octanol–water partition coefficient (Wildman–Crippen LogP) is 3.94. The summed E-state index contributed by atoms with van der Waals surface area (Å²) < 4.78 is 26.0. The van der Waals surface area contributed by atoms with E-state index < -0.39 is 17.5 Å². The zero-order valence-electron chi connectivity index (χ0n) is 20.3. The van der Waals surface area contributed by atoms with Crippen molar-refractivity contribution in [3.63, 3.8) is 0 Å². The number of carbonyl (C=O) groups is 2. The van der Waals surface area contributed by atoms with Crippen LogP contribution in [0.3, 0.4) is 0 Å². The van der Waals surface area contributed by atoms with Crippen molar-refractivity contribution in [1.29, 1.82) is 0 Å². The lowest BCUT2D eigenvalue weighted by Gasteiger charge is -2.17. The maximum Gasteiger partial charge on any atom is 0.407 e. The summed E-state index contributed by atoms with van der Waals surface area (Å²) in [5.74, 6) is -0.339. The maximum absolute atomic E-state index is 13.8. The first-order chi connectivity index (χ1) is 17.2. The van der Waals surface area contributed by atoms with Gasteiger partial charge < -0.3 is 20.1 Å². The van der Waals surface area contributed by atoms with E-state index in [-0.39, 0.29) is 36.0 Å². The Morgan fingerprint density at radius 2 is 1.89 bits per heavy atom. The Morgan fingerprint density at radius 1 is 1.14 bits per heavy atom. The van der Waals surface area contributed by atoms with E-state index in [0.29, 0.717) is 28.2 Å². The maximum atomic E-state index is 13.8. The summed E-state index contributed by atoms with van der Waals surface area (Å²) in [4.78, 5) is 41.4. The molecule has 3 aromatic rings. The monoisotopic (exact) mass is 560 g/mol. The molecule has 190 valence electrons. The van der Waals surface area contributed by atoms with Crippen LogP contribution in [0.1, 0.15) is 39.8 Å². The van der Waals surface area contributed by atoms with Crippen LogP contribution in [0.4, 0.5) is 9.18 Å². The van der Waals surface area contributed by atoms with Crippen LogP contribution in [0.25, 0.3) is 5.69 Å². The van der Waals surface area contributed by atoms with Gasteiger partial charge in [0, 0.05) is 19.2 Å². The van der Waals surface area contributed by atoms with Crippen molar-refractivity contribution < 1.29 is 23.5 Å². The van der Waals surface area contributed by atoms with Crippen LogP contribution in [-0.4, -0.2) is 35.2 Å². The van der Waals surface area contributed by atoms with Crippen molar-refractivity contribution in [3.8, 4) is 11.6 Å². The minimum Gasteiger partial charge on any atom is -0.472 e. The van der Waals surface area contributed by atoms with E-state index in [1.165, 1.54) is 29.8 Å². The fraction of sp³-hybridized carbons (Fsp3) is 0.280. The standard InChI is InChI=1S/C25H26BrFN4O5/c1-5-35-25(34)29-12-18-10-19(27)9-8-17(18)13-36-23-21(26)24(33)31(15(3)30-23)20-11-16(22(32)28-4)7-6-14(20)2/h6-11H,5,12-13H2,1-4H3,(H,28,32)(H,29,34). The molecule has 3 rings (SSSR count). The van der Waals surface area contributed by atoms with Gasteiger partial charge in [0.25, 0.3) is 11.5 Å². The van der Waals surface area contributed by atoms with Gasteiger partial charge in [0.15, 0.2) is 0 Å². The Kier molecular flexibility index (Phi) is 8.81. The normalized spacial score (nSPS) is 10.6. The number of halogens is 2. The summed E-state index contributed by atoms with van der Waals surface area (Å²) in [6, 6.07) is 9.16. The number of alkyl carbamates (subject to hydrolysis) is 1. The van der Waals surface area contributed by atoms with Crippen molar-refractivity contribution in [1.82, 2.24) is 20.2 Å². The third kappa shape index (κ3) is 6.09. The van der Waals surface area contributed by atoms with Crippen LogP contribution in [0.5, 0.6) is 5.88 Å². The van der Waals surface area contributed by atoms with Gasteiger partial charge in [-0.05, 0) is 77.7 Å². The van der Waals surface area contributed by atoms with Gasteiger partial charge >= 0.3 is 6.09 Å². The molecule has 36 heavy (non-hydrogen) atoms. The van der Waals surface area contributed by atoms with E-state index >= 15 is 0 Å².